The van der Waals surface area contributed by atoms with E-state index in [-0.39, 0.29) is 22.6 Å². The number of piperidine rings is 1. The topological polar surface area (TPSA) is 148 Å². The number of carboxylic acid groups (broad SMARTS) is 1. The first-order valence-electron chi connectivity index (χ1n) is 15.8. The van der Waals surface area contributed by atoms with Crippen LogP contribution in [0.15, 0.2) is 100 Å². The summed E-state index contributed by atoms with van der Waals surface area (Å²) in [5.74, 6) is -0.276. The van der Waals surface area contributed by atoms with Crippen LogP contribution in [0, 0.1) is 0 Å². The lowest BCUT2D eigenvalue weighted by Crippen LogP contribution is -2.35. The summed E-state index contributed by atoms with van der Waals surface area (Å²) in [7, 11) is -8.31. The standard InChI is InChI=1S/C34H30BrF2N4O8PS2/c35-31-18-23(10-11-26(31)22-50(44,48-36)49-37)21-41(27-12-14-30(15-13-27)52(45,46)40-16-2-1-3-17-40)34-39-38-32(51-34)24-6-4-8-28(19-24)47-29-9-5-7-25(20-29)33(42)43/h4-15,18-20H,1-3,16-17,21-22H2,(H,42,43). The monoisotopic (exact) mass is 834 g/mol. The molecule has 2 heterocycles. The molecule has 0 saturated carbocycles. The van der Waals surface area contributed by atoms with E-state index < -0.39 is 29.8 Å². The van der Waals surface area contributed by atoms with Gasteiger partial charge in [-0.25, -0.2) is 13.2 Å². The van der Waals surface area contributed by atoms with Crippen molar-refractivity contribution < 1.29 is 46.1 Å². The zero-order valence-corrected chi connectivity index (χ0v) is 31.2. The second-order valence-corrected chi connectivity index (χ2v) is 17.3. The average Bonchev–Trinajstić information content (AvgIpc) is 3.66. The van der Waals surface area contributed by atoms with Gasteiger partial charge in [0.15, 0.2) is 0 Å². The third-order valence-corrected chi connectivity index (χ3v) is 13.0. The van der Waals surface area contributed by atoms with Gasteiger partial charge in [0.1, 0.15) is 16.5 Å². The second-order valence-electron chi connectivity index (χ2n) is 11.7. The van der Waals surface area contributed by atoms with Gasteiger partial charge in [-0.3, -0.25) is 4.57 Å². The molecule has 272 valence electrons. The number of halogens is 3. The van der Waals surface area contributed by atoms with Crippen molar-refractivity contribution in [1.29, 1.82) is 0 Å². The summed E-state index contributed by atoms with van der Waals surface area (Å²) in [5.41, 5.74) is 2.35. The lowest BCUT2D eigenvalue weighted by Gasteiger charge is -2.26. The predicted molar refractivity (Wildman–Crippen MR) is 194 cm³/mol. The van der Waals surface area contributed by atoms with Gasteiger partial charge in [0.25, 0.3) is 0 Å². The van der Waals surface area contributed by atoms with E-state index >= 15 is 0 Å². The molecule has 5 aromatic rings. The van der Waals surface area contributed by atoms with E-state index in [4.69, 9.17) is 4.74 Å². The summed E-state index contributed by atoms with van der Waals surface area (Å²) in [6.07, 6.45) is 1.95. The maximum Gasteiger partial charge on any atom is 0.399 e. The number of carboxylic acids is 1. The van der Waals surface area contributed by atoms with E-state index in [2.05, 4.69) is 35.6 Å². The summed E-state index contributed by atoms with van der Waals surface area (Å²) in [6, 6.07) is 24.6. The van der Waals surface area contributed by atoms with Gasteiger partial charge >= 0.3 is 13.6 Å². The largest absolute Gasteiger partial charge is 0.478 e. The number of rotatable bonds is 14. The molecule has 0 bridgehead atoms. The Balaban J connectivity index is 1.31. The molecule has 52 heavy (non-hydrogen) atoms. The third-order valence-electron chi connectivity index (χ3n) is 8.18. The normalized spacial score (nSPS) is 13.9. The molecule has 4 aromatic carbocycles. The average molecular weight is 836 g/mol. The van der Waals surface area contributed by atoms with Crippen molar-refractivity contribution in [3.63, 3.8) is 0 Å². The fraction of sp³-hybridized carbons (Fsp3) is 0.206. The highest BCUT2D eigenvalue weighted by atomic mass is 79.9. The molecular weight excluding hydrogens is 805 g/mol. The number of anilines is 2. The molecule has 0 amide bonds. The van der Waals surface area contributed by atoms with E-state index in [1.165, 1.54) is 33.8 Å². The Kier molecular flexibility index (Phi) is 11.8. The highest BCUT2D eigenvalue weighted by molar-refractivity contribution is 9.10. The van der Waals surface area contributed by atoms with Gasteiger partial charge in [-0.1, -0.05) is 64.0 Å². The third kappa shape index (κ3) is 8.74. The van der Waals surface area contributed by atoms with Gasteiger partial charge in [-0.05, 0) is 93.7 Å². The SMILES string of the molecule is O=C(O)c1cccc(Oc2cccc(-c3nnc(N(Cc4ccc(CP(=O)(OF)OF)c(Br)c4)c4ccc(S(=O)(=O)N5CCCCC5)cc4)s3)c2)c1. The molecule has 1 N–H and O–H groups in total. The van der Waals surface area contributed by atoms with Crippen LogP contribution in [0.1, 0.15) is 40.7 Å². The smallest absolute Gasteiger partial charge is 0.399 e. The van der Waals surface area contributed by atoms with Gasteiger partial charge < -0.3 is 14.7 Å². The first-order chi connectivity index (χ1) is 25.0. The van der Waals surface area contributed by atoms with E-state index in [1.807, 2.05) is 11.0 Å². The van der Waals surface area contributed by atoms with E-state index in [9.17, 15) is 31.9 Å². The molecule has 0 spiro atoms. The van der Waals surface area contributed by atoms with Crippen molar-refractivity contribution in [2.75, 3.05) is 18.0 Å². The van der Waals surface area contributed by atoms with Crippen LogP contribution in [0.2, 0.25) is 0 Å². The molecule has 1 fully saturated rings. The number of carbonyl (C=O) groups is 1. The van der Waals surface area contributed by atoms with Crippen LogP contribution in [0.3, 0.4) is 0 Å². The van der Waals surface area contributed by atoms with E-state index in [0.29, 0.717) is 56.0 Å². The lowest BCUT2D eigenvalue weighted by atomic mass is 10.1. The van der Waals surface area contributed by atoms with Crippen LogP contribution in [-0.2, 0) is 36.8 Å². The summed E-state index contributed by atoms with van der Waals surface area (Å²) in [4.78, 5) is 13.4. The van der Waals surface area contributed by atoms with Crippen LogP contribution in [-0.4, -0.2) is 47.1 Å². The molecule has 12 nitrogen and oxygen atoms in total. The molecule has 1 saturated heterocycles. The van der Waals surface area contributed by atoms with Gasteiger partial charge in [0.05, 0.1) is 23.2 Å². The molecule has 6 rings (SSSR count). The van der Waals surface area contributed by atoms with Crippen LogP contribution in [0.5, 0.6) is 11.5 Å². The zero-order chi connectivity index (χ0) is 36.9. The molecule has 0 unspecified atom stereocenters. The molecule has 1 aromatic heterocycles. The van der Waals surface area contributed by atoms with E-state index in [0.717, 1.165) is 19.3 Å². The first-order valence-corrected chi connectivity index (χ1v) is 20.6. The minimum atomic E-state index is -4.63. The van der Waals surface area contributed by atoms with E-state index in [1.54, 1.807) is 66.7 Å². The van der Waals surface area contributed by atoms with Gasteiger partial charge in [-0.2, -0.15) is 4.31 Å². The molecular formula is C34H30BrF2N4O8PS2. The highest BCUT2D eigenvalue weighted by Gasteiger charge is 2.30. The van der Waals surface area contributed by atoms with Crippen molar-refractivity contribution in [2.24, 2.45) is 0 Å². The Bertz CT molecular complexity index is 2220. The second kappa shape index (κ2) is 16.3. The first kappa shape index (κ1) is 37.7. The summed E-state index contributed by atoms with van der Waals surface area (Å²) < 4.78 is 78.6. The number of nitrogens with zero attached hydrogens (tertiary/aromatic N) is 4. The number of ether oxygens (including phenoxy) is 1. The maximum absolute atomic E-state index is 13.4. The number of hydrogen-bond donors (Lipinski definition) is 1. The van der Waals surface area contributed by atoms with Crippen molar-refractivity contribution in [3.05, 3.63) is 112 Å². The van der Waals surface area contributed by atoms with Crippen LogP contribution in [0.4, 0.5) is 19.9 Å². The molecule has 0 atom stereocenters. The van der Waals surface area contributed by atoms with Crippen LogP contribution >= 0.6 is 34.9 Å². The predicted octanol–water partition coefficient (Wildman–Crippen LogP) is 9.47. The highest BCUT2D eigenvalue weighted by Crippen LogP contribution is 2.53. The summed E-state index contributed by atoms with van der Waals surface area (Å²) >= 11 is 4.63. The Morgan fingerprint density at radius 3 is 2.29 bits per heavy atom. The Morgan fingerprint density at radius 2 is 1.62 bits per heavy atom. The van der Waals surface area contributed by atoms with Gasteiger partial charge in [0.2, 0.25) is 15.2 Å². The Hall–Kier alpha value is -4.09. The quantitative estimate of drug-likeness (QED) is 0.107. The number of sulfonamides is 1. The Morgan fingerprint density at radius 1 is 0.923 bits per heavy atom. The zero-order valence-electron chi connectivity index (χ0n) is 27.1. The lowest BCUT2D eigenvalue weighted by molar-refractivity contribution is -0.0881. The number of aromatic nitrogens is 2. The van der Waals surface area contributed by atoms with Crippen LogP contribution in [0.25, 0.3) is 10.6 Å². The van der Waals surface area contributed by atoms with Crippen molar-refractivity contribution in [2.45, 2.75) is 36.9 Å². The summed E-state index contributed by atoms with van der Waals surface area (Å²) in [6.45, 7) is 1.14. The fourth-order valence-electron chi connectivity index (χ4n) is 5.55. The van der Waals surface area contributed by atoms with Gasteiger partial charge in [0, 0.05) is 28.8 Å². The fourth-order valence-corrected chi connectivity index (χ4v) is 9.53. The molecule has 0 radical (unpaired) electrons. The number of hydrogen-bond acceptors (Lipinski definition) is 11. The Labute approximate surface area is 310 Å². The minimum absolute atomic E-state index is 0.0869. The van der Waals surface area contributed by atoms with Crippen LogP contribution < -0.4 is 9.64 Å². The molecule has 1 aliphatic rings. The molecule has 18 heteroatoms. The van der Waals surface area contributed by atoms with Crippen molar-refractivity contribution in [1.82, 2.24) is 14.5 Å². The van der Waals surface area contributed by atoms with Gasteiger partial charge in [-0.15, -0.1) is 19.7 Å². The summed E-state index contributed by atoms with van der Waals surface area (Å²) in [5, 5.41) is 19.2. The van der Waals surface area contributed by atoms with Crippen molar-refractivity contribution >= 4 is 61.7 Å². The van der Waals surface area contributed by atoms with Crippen molar-refractivity contribution in [3.8, 4) is 22.1 Å². The molecule has 0 aliphatic carbocycles. The maximum atomic E-state index is 13.4. The molecule has 1 aliphatic heterocycles. The minimum Gasteiger partial charge on any atom is -0.478 e. The number of aromatic carboxylic acids is 1. The number of benzene rings is 4.